The Labute approximate surface area is 105 Å². The molecule has 0 aliphatic heterocycles. The molecule has 1 aromatic heterocycles. The molecule has 4 heteroatoms. The van der Waals surface area contributed by atoms with Crippen LogP contribution in [0.5, 0.6) is 0 Å². The van der Waals surface area contributed by atoms with Gasteiger partial charge in [0.1, 0.15) is 0 Å². The van der Waals surface area contributed by atoms with Crippen LogP contribution in [0.4, 0.5) is 0 Å². The summed E-state index contributed by atoms with van der Waals surface area (Å²) in [5, 5.41) is 3.01. The molecular weight excluding hydrogens is 268 g/mol. The number of nitrogens with one attached hydrogen (secondary N) is 1. The van der Waals surface area contributed by atoms with Crippen LogP contribution in [-0.2, 0) is 0 Å². The van der Waals surface area contributed by atoms with Crippen LogP contribution in [0.1, 0.15) is 37.6 Å². The molecular formula is C12H17BrN2O. The Bertz CT molecular complexity index is 366. The largest absolute Gasteiger partial charge is 0.349 e. The first kappa shape index (κ1) is 13.2. The van der Waals surface area contributed by atoms with Crippen LogP contribution < -0.4 is 5.32 Å². The van der Waals surface area contributed by atoms with Gasteiger partial charge in [0.15, 0.2) is 0 Å². The average Bonchev–Trinajstić information content (AvgIpc) is 2.25. The highest BCUT2D eigenvalue weighted by molar-refractivity contribution is 9.10. The summed E-state index contributed by atoms with van der Waals surface area (Å²) in [5.41, 5.74) is 0.591. The number of rotatable bonds is 4. The highest BCUT2D eigenvalue weighted by Crippen LogP contribution is 2.11. The van der Waals surface area contributed by atoms with Crippen molar-refractivity contribution in [3.63, 3.8) is 0 Å². The van der Waals surface area contributed by atoms with Crippen molar-refractivity contribution in [2.45, 2.75) is 33.2 Å². The Hall–Kier alpha value is -0.900. The Kier molecular flexibility index (Phi) is 4.93. The summed E-state index contributed by atoms with van der Waals surface area (Å²) in [7, 11) is 0. The minimum Gasteiger partial charge on any atom is -0.349 e. The lowest BCUT2D eigenvalue weighted by atomic mass is 10.0. The second kappa shape index (κ2) is 5.99. The Morgan fingerprint density at radius 2 is 2.19 bits per heavy atom. The highest BCUT2D eigenvalue weighted by Gasteiger charge is 2.15. The molecule has 1 amide bonds. The van der Waals surface area contributed by atoms with E-state index in [-0.39, 0.29) is 11.9 Å². The second-order valence-corrected chi connectivity index (χ2v) is 5.04. The van der Waals surface area contributed by atoms with Gasteiger partial charge in [-0.1, -0.05) is 20.8 Å². The third kappa shape index (κ3) is 3.59. The Balaban J connectivity index is 2.72. The van der Waals surface area contributed by atoms with Crippen LogP contribution in [0.3, 0.4) is 0 Å². The molecule has 1 heterocycles. The lowest BCUT2D eigenvalue weighted by Crippen LogP contribution is -2.38. The van der Waals surface area contributed by atoms with Crippen molar-refractivity contribution in [2.75, 3.05) is 0 Å². The summed E-state index contributed by atoms with van der Waals surface area (Å²) in [6.45, 7) is 6.28. The van der Waals surface area contributed by atoms with Gasteiger partial charge in [-0.05, 0) is 34.3 Å². The van der Waals surface area contributed by atoms with E-state index in [1.54, 1.807) is 18.5 Å². The van der Waals surface area contributed by atoms with Gasteiger partial charge in [0.2, 0.25) is 0 Å². The van der Waals surface area contributed by atoms with E-state index in [0.29, 0.717) is 11.5 Å². The first-order valence-corrected chi connectivity index (χ1v) is 6.25. The summed E-state index contributed by atoms with van der Waals surface area (Å²) < 4.78 is 0.817. The number of hydrogen-bond donors (Lipinski definition) is 1. The first-order valence-electron chi connectivity index (χ1n) is 5.46. The van der Waals surface area contributed by atoms with Crippen molar-refractivity contribution in [1.82, 2.24) is 10.3 Å². The smallest absolute Gasteiger partial charge is 0.253 e. The number of amides is 1. The minimum absolute atomic E-state index is 0.0608. The van der Waals surface area contributed by atoms with Crippen LogP contribution in [0.2, 0.25) is 0 Å². The summed E-state index contributed by atoms with van der Waals surface area (Å²) in [4.78, 5) is 15.9. The third-order valence-electron chi connectivity index (χ3n) is 2.53. The molecule has 0 aromatic carbocycles. The number of carbonyl (C=O) groups is 1. The van der Waals surface area contributed by atoms with Gasteiger partial charge >= 0.3 is 0 Å². The van der Waals surface area contributed by atoms with Gasteiger partial charge in [-0.3, -0.25) is 9.78 Å². The van der Waals surface area contributed by atoms with Gasteiger partial charge in [-0.15, -0.1) is 0 Å². The molecule has 0 saturated heterocycles. The molecule has 0 aliphatic rings. The summed E-state index contributed by atoms with van der Waals surface area (Å²) in [5.74, 6) is 0.378. The summed E-state index contributed by atoms with van der Waals surface area (Å²) in [6.07, 6.45) is 4.18. The fraction of sp³-hybridized carbons (Fsp3) is 0.500. The molecule has 0 radical (unpaired) electrons. The van der Waals surface area contributed by atoms with Crippen LogP contribution >= 0.6 is 15.9 Å². The molecule has 88 valence electrons. The first-order chi connectivity index (χ1) is 7.54. The van der Waals surface area contributed by atoms with Crippen molar-refractivity contribution < 1.29 is 4.79 Å². The average molecular weight is 285 g/mol. The molecule has 1 aromatic rings. The maximum absolute atomic E-state index is 11.9. The van der Waals surface area contributed by atoms with Crippen LogP contribution in [-0.4, -0.2) is 16.9 Å². The molecule has 1 atom stereocenters. The molecule has 1 N–H and O–H groups in total. The molecule has 1 unspecified atom stereocenters. The number of hydrogen-bond acceptors (Lipinski definition) is 2. The maximum Gasteiger partial charge on any atom is 0.253 e. The predicted molar refractivity (Wildman–Crippen MR) is 68.3 cm³/mol. The van der Waals surface area contributed by atoms with E-state index < -0.39 is 0 Å². The molecule has 0 spiro atoms. The number of nitrogens with zero attached hydrogens (tertiary/aromatic N) is 1. The van der Waals surface area contributed by atoms with E-state index in [2.05, 4.69) is 47.0 Å². The fourth-order valence-corrected chi connectivity index (χ4v) is 1.89. The molecule has 16 heavy (non-hydrogen) atoms. The zero-order valence-electron chi connectivity index (χ0n) is 9.83. The van der Waals surface area contributed by atoms with Crippen molar-refractivity contribution in [3.8, 4) is 0 Å². The topological polar surface area (TPSA) is 42.0 Å². The number of pyridine rings is 1. The van der Waals surface area contributed by atoms with Gasteiger partial charge < -0.3 is 5.32 Å². The van der Waals surface area contributed by atoms with E-state index in [1.165, 1.54) is 0 Å². The quantitative estimate of drug-likeness (QED) is 0.924. The van der Waals surface area contributed by atoms with Gasteiger partial charge in [0.25, 0.3) is 5.91 Å². The SMILES string of the molecule is CCC(NC(=O)c1cncc(Br)c1)C(C)C. The van der Waals surface area contributed by atoms with E-state index in [0.717, 1.165) is 10.9 Å². The summed E-state index contributed by atoms with van der Waals surface area (Å²) >= 11 is 3.30. The monoisotopic (exact) mass is 284 g/mol. The molecule has 1 rings (SSSR count). The molecule has 0 fully saturated rings. The van der Waals surface area contributed by atoms with Crippen molar-refractivity contribution in [3.05, 3.63) is 28.5 Å². The molecule has 0 saturated carbocycles. The van der Waals surface area contributed by atoms with Crippen LogP contribution in [0.25, 0.3) is 0 Å². The van der Waals surface area contributed by atoms with E-state index in [4.69, 9.17) is 0 Å². The van der Waals surface area contributed by atoms with Crippen molar-refractivity contribution in [1.29, 1.82) is 0 Å². The van der Waals surface area contributed by atoms with Gasteiger partial charge in [0, 0.05) is 22.9 Å². The fourth-order valence-electron chi connectivity index (χ4n) is 1.53. The lowest BCUT2D eigenvalue weighted by molar-refractivity contribution is 0.0924. The summed E-state index contributed by atoms with van der Waals surface area (Å²) in [6, 6.07) is 1.99. The van der Waals surface area contributed by atoms with Crippen molar-refractivity contribution >= 4 is 21.8 Å². The predicted octanol–water partition coefficient (Wildman–Crippen LogP) is 3.01. The van der Waals surface area contributed by atoms with Gasteiger partial charge in [0.05, 0.1) is 5.56 Å². The van der Waals surface area contributed by atoms with E-state index in [1.807, 2.05) is 0 Å². The Morgan fingerprint density at radius 3 is 2.69 bits per heavy atom. The molecule has 0 bridgehead atoms. The van der Waals surface area contributed by atoms with Gasteiger partial charge in [-0.2, -0.15) is 0 Å². The number of aromatic nitrogens is 1. The molecule has 0 aliphatic carbocycles. The highest BCUT2D eigenvalue weighted by atomic mass is 79.9. The van der Waals surface area contributed by atoms with Crippen LogP contribution in [0.15, 0.2) is 22.9 Å². The van der Waals surface area contributed by atoms with Crippen LogP contribution in [0, 0.1) is 5.92 Å². The van der Waals surface area contributed by atoms with E-state index >= 15 is 0 Å². The van der Waals surface area contributed by atoms with E-state index in [9.17, 15) is 4.79 Å². The molecule has 3 nitrogen and oxygen atoms in total. The third-order valence-corrected chi connectivity index (χ3v) is 2.96. The minimum atomic E-state index is -0.0608. The normalized spacial score (nSPS) is 12.6. The Morgan fingerprint density at radius 1 is 1.50 bits per heavy atom. The number of carbonyl (C=O) groups excluding carboxylic acids is 1. The lowest BCUT2D eigenvalue weighted by Gasteiger charge is -2.20. The maximum atomic E-state index is 11.9. The second-order valence-electron chi connectivity index (χ2n) is 4.12. The number of halogens is 1. The standard InChI is InChI=1S/C12H17BrN2O/c1-4-11(8(2)3)15-12(16)9-5-10(13)7-14-6-9/h5-8,11H,4H2,1-3H3,(H,15,16). The zero-order valence-corrected chi connectivity index (χ0v) is 11.4. The zero-order chi connectivity index (χ0) is 12.1. The van der Waals surface area contributed by atoms with Crippen molar-refractivity contribution in [2.24, 2.45) is 5.92 Å². The van der Waals surface area contributed by atoms with Gasteiger partial charge in [-0.25, -0.2) is 0 Å².